The van der Waals surface area contributed by atoms with E-state index in [9.17, 15) is 13.9 Å². The minimum Gasteiger partial charge on any atom is -0.490 e. The van der Waals surface area contributed by atoms with Gasteiger partial charge in [0.05, 0.1) is 13.2 Å². The lowest BCUT2D eigenvalue weighted by Crippen LogP contribution is -2.46. The van der Waals surface area contributed by atoms with Crippen molar-refractivity contribution in [3.63, 3.8) is 0 Å². The Balaban J connectivity index is 2.52. The van der Waals surface area contributed by atoms with E-state index < -0.39 is 17.2 Å². The molecule has 0 fully saturated rings. The van der Waals surface area contributed by atoms with Crippen molar-refractivity contribution >= 4 is 0 Å². The van der Waals surface area contributed by atoms with Crippen LogP contribution in [0.15, 0.2) is 18.2 Å². The number of halogens is 2. The molecule has 0 bridgehead atoms. The van der Waals surface area contributed by atoms with Crippen molar-refractivity contribution < 1.29 is 18.6 Å². The van der Waals surface area contributed by atoms with Gasteiger partial charge in [0.2, 0.25) is 0 Å². The molecular weight excluding hydrogens is 240 g/mol. The summed E-state index contributed by atoms with van der Waals surface area (Å²) < 4.78 is 31.4. The molecule has 5 heteroatoms. The van der Waals surface area contributed by atoms with E-state index in [1.807, 2.05) is 13.8 Å². The van der Waals surface area contributed by atoms with Crippen molar-refractivity contribution in [1.29, 1.82) is 0 Å². The number of hydrogen-bond donors (Lipinski definition) is 2. The molecule has 0 heterocycles. The quantitative estimate of drug-likeness (QED) is 0.788. The third kappa shape index (κ3) is 4.23. The van der Waals surface area contributed by atoms with Gasteiger partial charge >= 0.3 is 0 Å². The fourth-order valence-corrected chi connectivity index (χ4v) is 1.62. The number of rotatable bonds is 7. The van der Waals surface area contributed by atoms with Crippen molar-refractivity contribution in [1.82, 2.24) is 5.32 Å². The number of nitrogens with one attached hydrogen (secondary N) is 1. The molecule has 0 saturated heterocycles. The Morgan fingerprint density at radius 1 is 1.39 bits per heavy atom. The first-order valence-corrected chi connectivity index (χ1v) is 5.94. The van der Waals surface area contributed by atoms with Gasteiger partial charge in [0.1, 0.15) is 5.82 Å². The largest absolute Gasteiger partial charge is 0.490 e. The third-order valence-electron chi connectivity index (χ3n) is 2.76. The molecule has 0 spiro atoms. The molecule has 102 valence electrons. The number of hydrogen-bond acceptors (Lipinski definition) is 3. The van der Waals surface area contributed by atoms with Crippen LogP contribution in [0, 0.1) is 11.6 Å². The van der Waals surface area contributed by atoms with Crippen LogP contribution in [-0.4, -0.2) is 30.4 Å². The van der Waals surface area contributed by atoms with Crippen LogP contribution in [-0.2, 0) is 0 Å². The van der Waals surface area contributed by atoms with Gasteiger partial charge in [-0.2, -0.15) is 0 Å². The molecular formula is C13H19F2NO2. The lowest BCUT2D eigenvalue weighted by Gasteiger charge is -2.28. The summed E-state index contributed by atoms with van der Waals surface area (Å²) in [5, 5.41) is 12.4. The van der Waals surface area contributed by atoms with Crippen molar-refractivity contribution in [2.75, 3.05) is 19.8 Å². The van der Waals surface area contributed by atoms with E-state index in [0.717, 1.165) is 18.2 Å². The van der Waals surface area contributed by atoms with E-state index in [2.05, 4.69) is 5.32 Å². The molecule has 0 radical (unpaired) electrons. The van der Waals surface area contributed by atoms with Crippen molar-refractivity contribution in [3.05, 3.63) is 29.8 Å². The van der Waals surface area contributed by atoms with Crippen LogP contribution in [0.25, 0.3) is 0 Å². The van der Waals surface area contributed by atoms with E-state index in [-0.39, 0.29) is 19.0 Å². The number of benzene rings is 1. The molecule has 0 amide bonds. The summed E-state index contributed by atoms with van der Waals surface area (Å²) in [5.41, 5.74) is -0.474. The fourth-order valence-electron chi connectivity index (χ4n) is 1.62. The summed E-state index contributed by atoms with van der Waals surface area (Å²) in [7, 11) is 0. The highest BCUT2D eigenvalue weighted by molar-refractivity contribution is 5.24. The van der Waals surface area contributed by atoms with Crippen molar-refractivity contribution in [3.8, 4) is 5.75 Å². The van der Waals surface area contributed by atoms with E-state index in [1.54, 1.807) is 0 Å². The Labute approximate surface area is 106 Å². The molecule has 0 saturated carbocycles. The predicted molar refractivity (Wildman–Crippen MR) is 65.6 cm³/mol. The van der Waals surface area contributed by atoms with Gasteiger partial charge in [-0.15, -0.1) is 0 Å². The minimum absolute atomic E-state index is 0.0458. The van der Waals surface area contributed by atoms with Gasteiger partial charge in [0.25, 0.3) is 0 Å². The molecule has 2 N–H and O–H groups in total. The summed E-state index contributed by atoms with van der Waals surface area (Å²) in [6.07, 6.45) is 0.493. The number of aliphatic hydroxyl groups excluding tert-OH is 1. The SMILES string of the molecule is CCNC(C)(CO)CCOc1cc(F)ccc1F. The molecule has 0 aliphatic rings. The molecule has 1 atom stereocenters. The van der Waals surface area contributed by atoms with Gasteiger partial charge in [-0.25, -0.2) is 8.78 Å². The summed E-state index contributed by atoms with van der Waals surface area (Å²) in [6.45, 7) is 4.65. The van der Waals surface area contributed by atoms with Gasteiger partial charge in [0.15, 0.2) is 11.6 Å². The van der Waals surface area contributed by atoms with Crippen LogP contribution in [0.3, 0.4) is 0 Å². The second-order valence-electron chi connectivity index (χ2n) is 4.42. The smallest absolute Gasteiger partial charge is 0.165 e. The fraction of sp³-hybridized carbons (Fsp3) is 0.538. The van der Waals surface area contributed by atoms with Gasteiger partial charge in [-0.1, -0.05) is 6.92 Å². The molecule has 0 aliphatic carbocycles. The van der Waals surface area contributed by atoms with Crippen molar-refractivity contribution in [2.45, 2.75) is 25.8 Å². The highest BCUT2D eigenvalue weighted by Gasteiger charge is 2.21. The van der Waals surface area contributed by atoms with Gasteiger partial charge in [0, 0.05) is 18.0 Å². The lowest BCUT2D eigenvalue weighted by atomic mass is 10.00. The summed E-state index contributed by atoms with van der Waals surface area (Å²) >= 11 is 0. The highest BCUT2D eigenvalue weighted by atomic mass is 19.1. The first-order chi connectivity index (χ1) is 8.50. The predicted octanol–water partition coefficient (Wildman–Crippen LogP) is 2.09. The highest BCUT2D eigenvalue weighted by Crippen LogP contribution is 2.19. The molecule has 1 rings (SSSR count). The van der Waals surface area contributed by atoms with E-state index in [4.69, 9.17) is 4.74 Å². The van der Waals surface area contributed by atoms with Crippen LogP contribution in [0.5, 0.6) is 5.75 Å². The zero-order valence-corrected chi connectivity index (χ0v) is 10.7. The van der Waals surface area contributed by atoms with Gasteiger partial charge in [-0.3, -0.25) is 0 Å². The second kappa shape index (κ2) is 6.66. The Morgan fingerprint density at radius 3 is 2.72 bits per heavy atom. The summed E-state index contributed by atoms with van der Waals surface area (Å²) in [6, 6.07) is 3.08. The Morgan fingerprint density at radius 2 is 2.11 bits per heavy atom. The van der Waals surface area contributed by atoms with Gasteiger partial charge in [-0.05, 0) is 25.6 Å². The van der Waals surface area contributed by atoms with Gasteiger partial charge < -0.3 is 15.2 Å². The Hall–Kier alpha value is -1.20. The lowest BCUT2D eigenvalue weighted by molar-refractivity contribution is 0.144. The molecule has 3 nitrogen and oxygen atoms in total. The second-order valence-corrected chi connectivity index (χ2v) is 4.42. The van der Waals surface area contributed by atoms with Crippen LogP contribution in [0.4, 0.5) is 8.78 Å². The monoisotopic (exact) mass is 259 g/mol. The van der Waals surface area contributed by atoms with E-state index in [0.29, 0.717) is 13.0 Å². The average molecular weight is 259 g/mol. The molecule has 0 aliphatic heterocycles. The summed E-state index contributed by atoms with van der Waals surface area (Å²) in [4.78, 5) is 0. The third-order valence-corrected chi connectivity index (χ3v) is 2.76. The van der Waals surface area contributed by atoms with Crippen molar-refractivity contribution in [2.24, 2.45) is 0 Å². The number of ether oxygens (including phenoxy) is 1. The van der Waals surface area contributed by atoms with Crippen LogP contribution in [0.1, 0.15) is 20.3 Å². The first kappa shape index (κ1) is 14.9. The van der Waals surface area contributed by atoms with Crippen LogP contribution < -0.4 is 10.1 Å². The minimum atomic E-state index is -0.592. The van der Waals surface area contributed by atoms with Crippen LogP contribution in [0.2, 0.25) is 0 Å². The number of likely N-dealkylation sites (N-methyl/N-ethyl adjacent to an activating group) is 1. The van der Waals surface area contributed by atoms with E-state index >= 15 is 0 Å². The summed E-state index contributed by atoms with van der Waals surface area (Å²) in [5.74, 6) is -1.24. The molecule has 0 aromatic heterocycles. The van der Waals surface area contributed by atoms with Crippen LogP contribution >= 0.6 is 0 Å². The topological polar surface area (TPSA) is 41.5 Å². The zero-order valence-electron chi connectivity index (χ0n) is 10.7. The molecule has 1 aromatic rings. The Kier molecular flexibility index (Phi) is 5.50. The number of aliphatic hydroxyl groups is 1. The zero-order chi connectivity index (χ0) is 13.6. The Bertz CT molecular complexity index is 387. The van der Waals surface area contributed by atoms with E-state index in [1.165, 1.54) is 0 Å². The maximum Gasteiger partial charge on any atom is 0.165 e. The first-order valence-electron chi connectivity index (χ1n) is 5.94. The maximum atomic E-state index is 13.3. The molecule has 1 unspecified atom stereocenters. The standard InChI is InChI=1S/C13H19F2NO2/c1-3-16-13(2,9-17)6-7-18-12-8-10(14)4-5-11(12)15/h4-5,8,16-17H,3,6-7,9H2,1-2H3. The average Bonchev–Trinajstić information content (AvgIpc) is 2.34. The normalized spacial score (nSPS) is 14.3. The molecule has 18 heavy (non-hydrogen) atoms. The molecule has 1 aromatic carbocycles. The maximum absolute atomic E-state index is 13.3.